The SMILES string of the molecule is O=C(OC1CCOCC1)N1CCC(Oc2ccncn2)CC1. The highest BCUT2D eigenvalue weighted by Crippen LogP contribution is 2.19. The van der Waals surface area contributed by atoms with Crippen molar-refractivity contribution in [2.24, 2.45) is 0 Å². The van der Waals surface area contributed by atoms with E-state index in [1.54, 1.807) is 17.2 Å². The van der Waals surface area contributed by atoms with E-state index < -0.39 is 0 Å². The molecule has 3 heterocycles. The Morgan fingerprint density at radius 1 is 1.18 bits per heavy atom. The zero-order valence-corrected chi connectivity index (χ0v) is 12.5. The van der Waals surface area contributed by atoms with E-state index in [-0.39, 0.29) is 18.3 Å². The summed E-state index contributed by atoms with van der Waals surface area (Å²) in [5.74, 6) is 0.582. The maximum atomic E-state index is 12.1. The molecule has 1 aromatic heterocycles. The largest absolute Gasteiger partial charge is 0.474 e. The molecule has 7 heteroatoms. The molecule has 0 bridgehead atoms. The van der Waals surface area contributed by atoms with Gasteiger partial charge in [0.25, 0.3) is 0 Å². The third-order valence-electron chi connectivity index (χ3n) is 3.98. The van der Waals surface area contributed by atoms with Crippen molar-refractivity contribution in [2.75, 3.05) is 26.3 Å². The fourth-order valence-electron chi connectivity index (χ4n) is 2.69. The van der Waals surface area contributed by atoms with Gasteiger partial charge in [-0.05, 0) is 0 Å². The molecule has 1 amide bonds. The molecular weight excluding hydrogens is 286 g/mol. The molecule has 2 aliphatic rings. The summed E-state index contributed by atoms with van der Waals surface area (Å²) >= 11 is 0. The highest BCUT2D eigenvalue weighted by molar-refractivity contribution is 5.67. The lowest BCUT2D eigenvalue weighted by atomic mass is 10.1. The van der Waals surface area contributed by atoms with E-state index in [2.05, 4.69) is 9.97 Å². The van der Waals surface area contributed by atoms with E-state index in [9.17, 15) is 4.79 Å². The molecule has 1 aromatic rings. The van der Waals surface area contributed by atoms with Crippen molar-refractivity contribution in [1.82, 2.24) is 14.9 Å². The van der Waals surface area contributed by atoms with Gasteiger partial charge in [-0.3, -0.25) is 0 Å². The molecule has 0 N–H and O–H groups in total. The lowest BCUT2D eigenvalue weighted by Crippen LogP contribution is -2.43. The first-order valence-corrected chi connectivity index (χ1v) is 7.77. The lowest BCUT2D eigenvalue weighted by molar-refractivity contribution is -0.0151. The molecule has 2 aliphatic heterocycles. The van der Waals surface area contributed by atoms with Gasteiger partial charge in [0.1, 0.15) is 18.5 Å². The Kier molecular flexibility index (Phi) is 5.05. The predicted molar refractivity (Wildman–Crippen MR) is 77.6 cm³/mol. The number of hydrogen-bond donors (Lipinski definition) is 0. The maximum Gasteiger partial charge on any atom is 0.410 e. The highest BCUT2D eigenvalue weighted by atomic mass is 16.6. The normalized spacial score (nSPS) is 20.6. The Morgan fingerprint density at radius 2 is 1.95 bits per heavy atom. The zero-order valence-electron chi connectivity index (χ0n) is 12.5. The summed E-state index contributed by atoms with van der Waals surface area (Å²) in [5, 5.41) is 0. The van der Waals surface area contributed by atoms with E-state index in [0.717, 1.165) is 25.7 Å². The molecule has 120 valence electrons. The van der Waals surface area contributed by atoms with Crippen LogP contribution in [0.1, 0.15) is 25.7 Å². The van der Waals surface area contributed by atoms with Crippen LogP contribution in [0.25, 0.3) is 0 Å². The Balaban J connectivity index is 1.42. The van der Waals surface area contributed by atoms with Crippen LogP contribution in [0.4, 0.5) is 4.79 Å². The second-order valence-electron chi connectivity index (χ2n) is 5.55. The van der Waals surface area contributed by atoms with Crippen molar-refractivity contribution in [3.05, 3.63) is 18.6 Å². The molecule has 3 rings (SSSR count). The molecule has 7 nitrogen and oxygen atoms in total. The van der Waals surface area contributed by atoms with Crippen molar-refractivity contribution in [3.8, 4) is 5.88 Å². The van der Waals surface area contributed by atoms with Crippen LogP contribution in [-0.4, -0.2) is 59.5 Å². The van der Waals surface area contributed by atoms with Gasteiger partial charge in [0, 0.05) is 51.0 Å². The fraction of sp³-hybridized carbons (Fsp3) is 0.667. The van der Waals surface area contributed by atoms with E-state index in [4.69, 9.17) is 14.2 Å². The number of nitrogens with zero attached hydrogens (tertiary/aromatic N) is 3. The average molecular weight is 307 g/mol. The van der Waals surface area contributed by atoms with Crippen LogP contribution in [0.5, 0.6) is 5.88 Å². The van der Waals surface area contributed by atoms with Gasteiger partial charge in [0.15, 0.2) is 0 Å². The van der Waals surface area contributed by atoms with Crippen molar-refractivity contribution in [2.45, 2.75) is 37.9 Å². The van der Waals surface area contributed by atoms with Gasteiger partial charge in [-0.1, -0.05) is 0 Å². The summed E-state index contributed by atoms with van der Waals surface area (Å²) in [6, 6.07) is 1.74. The van der Waals surface area contributed by atoms with Crippen molar-refractivity contribution in [1.29, 1.82) is 0 Å². The summed E-state index contributed by atoms with van der Waals surface area (Å²) < 4.78 is 16.6. The van der Waals surface area contributed by atoms with Gasteiger partial charge in [0.2, 0.25) is 5.88 Å². The minimum absolute atomic E-state index is 0.00348. The Bertz CT molecular complexity index is 471. The van der Waals surface area contributed by atoms with Gasteiger partial charge in [-0.2, -0.15) is 0 Å². The van der Waals surface area contributed by atoms with Gasteiger partial charge < -0.3 is 19.1 Å². The minimum atomic E-state index is -0.215. The van der Waals surface area contributed by atoms with Gasteiger partial charge >= 0.3 is 6.09 Å². The van der Waals surface area contributed by atoms with Crippen molar-refractivity contribution < 1.29 is 19.0 Å². The standard InChI is InChI=1S/C15H21N3O4/c19-15(22-13-4-9-20-10-5-13)18-7-2-12(3-8-18)21-14-1-6-16-11-17-14/h1,6,11-13H,2-5,7-10H2. The summed E-state index contributed by atoms with van der Waals surface area (Å²) in [4.78, 5) is 21.8. The maximum absolute atomic E-state index is 12.1. The molecule has 0 aliphatic carbocycles. The summed E-state index contributed by atoms with van der Waals surface area (Å²) in [6.07, 6.45) is 6.14. The van der Waals surface area contributed by atoms with Crippen LogP contribution in [0.15, 0.2) is 18.6 Å². The lowest BCUT2D eigenvalue weighted by Gasteiger charge is -2.33. The van der Waals surface area contributed by atoms with Crippen LogP contribution >= 0.6 is 0 Å². The second kappa shape index (κ2) is 7.40. The number of hydrogen-bond acceptors (Lipinski definition) is 6. The highest BCUT2D eigenvalue weighted by Gasteiger charge is 2.27. The molecule has 0 aromatic carbocycles. The van der Waals surface area contributed by atoms with Gasteiger partial charge in [-0.25, -0.2) is 14.8 Å². The first-order valence-electron chi connectivity index (χ1n) is 7.77. The fourth-order valence-corrected chi connectivity index (χ4v) is 2.69. The summed E-state index contributed by atoms with van der Waals surface area (Å²) in [7, 11) is 0. The number of aromatic nitrogens is 2. The molecular formula is C15H21N3O4. The summed E-state index contributed by atoms with van der Waals surface area (Å²) in [5.41, 5.74) is 0. The topological polar surface area (TPSA) is 73.8 Å². The van der Waals surface area contributed by atoms with Crippen LogP contribution in [0, 0.1) is 0 Å². The number of ether oxygens (including phenoxy) is 3. The molecule has 0 spiro atoms. The predicted octanol–water partition coefficient (Wildman–Crippen LogP) is 1.64. The zero-order chi connectivity index (χ0) is 15.2. The smallest absolute Gasteiger partial charge is 0.410 e. The van der Waals surface area contributed by atoms with E-state index in [1.165, 1.54) is 6.33 Å². The molecule has 0 saturated carbocycles. The second-order valence-corrected chi connectivity index (χ2v) is 5.55. The first-order chi connectivity index (χ1) is 10.8. The van der Waals surface area contributed by atoms with Crippen LogP contribution in [0.2, 0.25) is 0 Å². The number of piperidine rings is 1. The molecule has 0 atom stereocenters. The molecule has 0 unspecified atom stereocenters. The van der Waals surface area contributed by atoms with Gasteiger partial charge in [-0.15, -0.1) is 0 Å². The average Bonchev–Trinajstić information content (AvgIpc) is 2.57. The van der Waals surface area contributed by atoms with Crippen LogP contribution in [-0.2, 0) is 9.47 Å². The first kappa shape index (κ1) is 15.0. The van der Waals surface area contributed by atoms with Gasteiger partial charge in [0.05, 0.1) is 13.2 Å². The molecule has 0 radical (unpaired) electrons. The van der Waals surface area contributed by atoms with Crippen LogP contribution < -0.4 is 4.74 Å². The summed E-state index contributed by atoms with van der Waals surface area (Å²) in [6.45, 7) is 2.65. The third kappa shape index (κ3) is 4.07. The third-order valence-corrected chi connectivity index (χ3v) is 3.98. The number of rotatable bonds is 3. The van der Waals surface area contributed by atoms with Crippen molar-refractivity contribution >= 4 is 6.09 Å². The number of carbonyl (C=O) groups is 1. The van der Waals surface area contributed by atoms with Crippen LogP contribution in [0.3, 0.4) is 0 Å². The monoisotopic (exact) mass is 307 g/mol. The molecule has 22 heavy (non-hydrogen) atoms. The molecule has 2 saturated heterocycles. The Labute approximate surface area is 129 Å². The number of carbonyl (C=O) groups excluding carboxylic acids is 1. The number of likely N-dealkylation sites (tertiary alicyclic amines) is 1. The molecule has 2 fully saturated rings. The Morgan fingerprint density at radius 3 is 2.64 bits per heavy atom. The Hall–Kier alpha value is -1.89. The van der Waals surface area contributed by atoms with Crippen molar-refractivity contribution in [3.63, 3.8) is 0 Å². The van der Waals surface area contributed by atoms with E-state index in [0.29, 0.717) is 32.2 Å². The quantitative estimate of drug-likeness (QED) is 0.845. The number of amides is 1. The van der Waals surface area contributed by atoms with E-state index >= 15 is 0 Å². The minimum Gasteiger partial charge on any atom is -0.474 e. The van der Waals surface area contributed by atoms with E-state index in [1.807, 2.05) is 0 Å².